The number of carbonyl (C=O) groups is 4. The summed E-state index contributed by atoms with van der Waals surface area (Å²) in [5.74, 6) is -1.79. The zero-order valence-electron chi connectivity index (χ0n) is 17.4. The molecule has 7 nitrogen and oxygen atoms in total. The Balaban J connectivity index is 1.45. The highest BCUT2D eigenvalue weighted by Gasteiger charge is 2.13. The first-order valence-electron chi connectivity index (χ1n) is 9.83. The molecule has 1 N–H and O–H groups in total. The molecule has 3 aromatic rings. The van der Waals surface area contributed by atoms with Crippen LogP contribution in [0.15, 0.2) is 78.9 Å². The number of carbonyl (C=O) groups excluding carboxylic acids is 4. The van der Waals surface area contributed by atoms with Crippen molar-refractivity contribution in [1.29, 1.82) is 0 Å². The quantitative estimate of drug-likeness (QED) is 0.334. The zero-order chi connectivity index (χ0) is 22.9. The van der Waals surface area contributed by atoms with E-state index in [1.54, 1.807) is 42.5 Å². The molecule has 0 atom stereocenters. The predicted octanol–water partition coefficient (Wildman–Crippen LogP) is 3.37. The second-order valence-corrected chi connectivity index (χ2v) is 6.91. The zero-order valence-corrected chi connectivity index (χ0v) is 17.4. The molecule has 0 radical (unpaired) electrons. The van der Waals surface area contributed by atoms with Gasteiger partial charge in [-0.1, -0.05) is 35.9 Å². The molecule has 32 heavy (non-hydrogen) atoms. The van der Waals surface area contributed by atoms with Crippen molar-refractivity contribution in [1.82, 2.24) is 5.32 Å². The van der Waals surface area contributed by atoms with Crippen LogP contribution in [0, 0.1) is 6.92 Å². The van der Waals surface area contributed by atoms with Gasteiger partial charge in [0.05, 0.1) is 5.56 Å². The molecule has 0 fully saturated rings. The van der Waals surface area contributed by atoms with Crippen LogP contribution < -0.4 is 10.1 Å². The highest BCUT2D eigenvalue weighted by Crippen LogP contribution is 2.15. The number of nitrogens with one attached hydrogen (secondary N) is 1. The molecule has 0 spiro atoms. The Morgan fingerprint density at radius 2 is 1.38 bits per heavy atom. The van der Waals surface area contributed by atoms with Gasteiger partial charge in [-0.05, 0) is 55.5 Å². The van der Waals surface area contributed by atoms with E-state index >= 15 is 0 Å². The number of amides is 1. The molecule has 0 saturated heterocycles. The molecule has 0 aromatic heterocycles. The van der Waals surface area contributed by atoms with E-state index in [4.69, 9.17) is 9.47 Å². The Kier molecular flexibility index (Phi) is 7.48. The van der Waals surface area contributed by atoms with E-state index in [0.29, 0.717) is 16.7 Å². The van der Waals surface area contributed by atoms with E-state index < -0.39 is 30.2 Å². The number of aryl methyl sites for hydroxylation is 1. The standard InChI is InChI=1S/C25H21NO6/c1-17-7-9-20(10-8-17)25(30)32-21-13-11-18(12-14-21)22(27)16-31-23(28)15-26-24(29)19-5-3-2-4-6-19/h2-14H,15-16H2,1H3,(H,26,29). The molecule has 3 aromatic carbocycles. The van der Waals surface area contributed by atoms with E-state index in [1.165, 1.54) is 24.3 Å². The highest BCUT2D eigenvalue weighted by molar-refractivity contribution is 5.99. The van der Waals surface area contributed by atoms with Crippen LogP contribution in [0.5, 0.6) is 5.75 Å². The molecule has 0 aliphatic rings. The van der Waals surface area contributed by atoms with Crippen molar-refractivity contribution in [3.63, 3.8) is 0 Å². The second kappa shape index (κ2) is 10.7. The summed E-state index contributed by atoms with van der Waals surface area (Å²) >= 11 is 0. The lowest BCUT2D eigenvalue weighted by atomic mass is 10.1. The van der Waals surface area contributed by atoms with Crippen LogP contribution in [0.1, 0.15) is 36.6 Å². The number of rotatable bonds is 8. The van der Waals surface area contributed by atoms with Gasteiger partial charge in [0, 0.05) is 11.1 Å². The summed E-state index contributed by atoms with van der Waals surface area (Å²) in [7, 11) is 0. The van der Waals surface area contributed by atoms with Gasteiger partial charge in [-0.15, -0.1) is 0 Å². The normalized spacial score (nSPS) is 10.2. The van der Waals surface area contributed by atoms with Crippen LogP contribution in [0.4, 0.5) is 0 Å². The van der Waals surface area contributed by atoms with E-state index in [9.17, 15) is 19.2 Å². The van der Waals surface area contributed by atoms with Gasteiger partial charge in [0.15, 0.2) is 12.4 Å². The van der Waals surface area contributed by atoms with Crippen molar-refractivity contribution in [3.8, 4) is 5.75 Å². The first kappa shape index (κ1) is 22.4. The maximum atomic E-state index is 12.2. The maximum absolute atomic E-state index is 12.2. The monoisotopic (exact) mass is 431 g/mol. The number of ether oxygens (including phenoxy) is 2. The number of Topliss-reactive ketones (excluding diaryl/α,β-unsaturated/α-hetero) is 1. The summed E-state index contributed by atoms with van der Waals surface area (Å²) in [6.07, 6.45) is 0. The van der Waals surface area contributed by atoms with Crippen molar-refractivity contribution in [2.45, 2.75) is 6.92 Å². The van der Waals surface area contributed by atoms with Crippen molar-refractivity contribution >= 4 is 23.6 Å². The van der Waals surface area contributed by atoms with Crippen LogP contribution in [0.25, 0.3) is 0 Å². The first-order chi connectivity index (χ1) is 15.4. The minimum Gasteiger partial charge on any atom is -0.456 e. The van der Waals surface area contributed by atoms with Gasteiger partial charge in [0.25, 0.3) is 5.91 Å². The van der Waals surface area contributed by atoms with Crippen LogP contribution in [-0.4, -0.2) is 36.8 Å². The molecule has 0 aliphatic heterocycles. The number of esters is 2. The van der Waals surface area contributed by atoms with E-state index in [2.05, 4.69) is 5.32 Å². The molecule has 7 heteroatoms. The number of hydrogen-bond acceptors (Lipinski definition) is 6. The molecule has 0 aliphatic carbocycles. The average molecular weight is 431 g/mol. The summed E-state index contributed by atoms with van der Waals surface area (Å²) in [4.78, 5) is 48.1. The molecule has 0 unspecified atom stereocenters. The van der Waals surface area contributed by atoms with Crippen molar-refractivity contribution < 1.29 is 28.7 Å². The van der Waals surface area contributed by atoms with Gasteiger partial charge < -0.3 is 14.8 Å². The molecule has 0 heterocycles. The van der Waals surface area contributed by atoms with Crippen LogP contribution in [-0.2, 0) is 9.53 Å². The average Bonchev–Trinajstić information content (AvgIpc) is 2.82. The lowest BCUT2D eigenvalue weighted by molar-refractivity contribution is -0.141. The predicted molar refractivity (Wildman–Crippen MR) is 117 cm³/mol. The Labute approximate surface area is 185 Å². The minimum absolute atomic E-state index is 0.285. The lowest BCUT2D eigenvalue weighted by Gasteiger charge is -2.07. The largest absolute Gasteiger partial charge is 0.456 e. The summed E-state index contributed by atoms with van der Waals surface area (Å²) < 4.78 is 10.2. The Morgan fingerprint density at radius 3 is 2.03 bits per heavy atom. The first-order valence-corrected chi connectivity index (χ1v) is 9.83. The molecule has 0 saturated carbocycles. The van der Waals surface area contributed by atoms with Gasteiger partial charge in [-0.3, -0.25) is 14.4 Å². The summed E-state index contributed by atoms with van der Waals surface area (Å²) in [5, 5.41) is 2.43. The number of hydrogen-bond donors (Lipinski definition) is 1. The third-order valence-corrected chi connectivity index (χ3v) is 4.47. The number of benzene rings is 3. The SMILES string of the molecule is Cc1ccc(C(=O)Oc2ccc(C(=O)COC(=O)CNC(=O)c3ccccc3)cc2)cc1. The fraction of sp³-hybridized carbons (Fsp3) is 0.120. The third kappa shape index (κ3) is 6.37. The highest BCUT2D eigenvalue weighted by atomic mass is 16.5. The lowest BCUT2D eigenvalue weighted by Crippen LogP contribution is -2.31. The molecular weight excluding hydrogens is 410 g/mol. The maximum Gasteiger partial charge on any atom is 0.343 e. The third-order valence-electron chi connectivity index (χ3n) is 4.47. The van der Waals surface area contributed by atoms with E-state index in [-0.39, 0.29) is 12.3 Å². The molecular formula is C25H21NO6. The summed E-state index contributed by atoms with van der Waals surface area (Å²) in [6, 6.07) is 21.3. The van der Waals surface area contributed by atoms with Crippen molar-refractivity contribution in [3.05, 3.63) is 101 Å². The van der Waals surface area contributed by atoms with Gasteiger partial charge in [-0.25, -0.2) is 4.79 Å². The van der Waals surface area contributed by atoms with E-state index in [0.717, 1.165) is 5.56 Å². The summed E-state index contributed by atoms with van der Waals surface area (Å²) in [5.41, 5.74) is 2.16. The number of ketones is 1. The van der Waals surface area contributed by atoms with Gasteiger partial charge in [0.2, 0.25) is 0 Å². The van der Waals surface area contributed by atoms with Crippen LogP contribution >= 0.6 is 0 Å². The topological polar surface area (TPSA) is 98.8 Å². The van der Waals surface area contributed by atoms with Gasteiger partial charge >= 0.3 is 11.9 Å². The molecule has 3 rings (SSSR count). The molecule has 0 bridgehead atoms. The Morgan fingerprint density at radius 1 is 0.750 bits per heavy atom. The van der Waals surface area contributed by atoms with E-state index in [1.807, 2.05) is 19.1 Å². The molecule has 1 amide bonds. The second-order valence-electron chi connectivity index (χ2n) is 6.91. The smallest absolute Gasteiger partial charge is 0.343 e. The van der Waals surface area contributed by atoms with Gasteiger partial charge in [-0.2, -0.15) is 0 Å². The van der Waals surface area contributed by atoms with Crippen molar-refractivity contribution in [2.24, 2.45) is 0 Å². The van der Waals surface area contributed by atoms with Crippen molar-refractivity contribution in [2.75, 3.05) is 13.2 Å². The Hall–Kier alpha value is -4.26. The van der Waals surface area contributed by atoms with Crippen LogP contribution in [0.2, 0.25) is 0 Å². The fourth-order valence-corrected chi connectivity index (χ4v) is 2.69. The fourth-order valence-electron chi connectivity index (χ4n) is 2.69. The Bertz CT molecular complexity index is 1110. The minimum atomic E-state index is -0.730. The molecule has 162 valence electrons. The summed E-state index contributed by atoms with van der Waals surface area (Å²) in [6.45, 7) is 1.10. The van der Waals surface area contributed by atoms with Crippen LogP contribution in [0.3, 0.4) is 0 Å². The van der Waals surface area contributed by atoms with Gasteiger partial charge in [0.1, 0.15) is 12.3 Å².